The van der Waals surface area contributed by atoms with Gasteiger partial charge in [0.25, 0.3) is 5.91 Å². The van der Waals surface area contributed by atoms with Crippen LogP contribution in [0.15, 0.2) is 30.5 Å². The summed E-state index contributed by atoms with van der Waals surface area (Å²) in [6.45, 7) is 3.18. The molecule has 2 aliphatic heterocycles. The molecule has 8 heteroatoms. The van der Waals surface area contributed by atoms with Gasteiger partial charge >= 0.3 is 0 Å². The van der Waals surface area contributed by atoms with Crippen LogP contribution in [0.25, 0.3) is 0 Å². The summed E-state index contributed by atoms with van der Waals surface area (Å²) in [6.07, 6.45) is 1.89. The lowest BCUT2D eigenvalue weighted by Crippen LogP contribution is -2.40. The number of amides is 1. The zero-order valence-corrected chi connectivity index (χ0v) is 15.6. The number of nitrogens with zero attached hydrogens (tertiary/aromatic N) is 1. The van der Waals surface area contributed by atoms with Crippen molar-refractivity contribution in [2.75, 3.05) is 32.8 Å². The van der Waals surface area contributed by atoms with Crippen molar-refractivity contribution >= 4 is 29.1 Å². The lowest BCUT2D eigenvalue weighted by molar-refractivity contribution is 0.0299. The Hall–Kier alpha value is -1.57. The molecule has 1 amide bonds. The van der Waals surface area contributed by atoms with E-state index in [0.717, 1.165) is 17.7 Å². The van der Waals surface area contributed by atoms with Gasteiger partial charge in [0, 0.05) is 41.8 Å². The molecular weight excluding hydrogens is 375 g/mol. The second-order valence-corrected chi connectivity index (χ2v) is 7.44. The SMILES string of the molecule is O=C(c1cc(C2NNCC2c2cc(Cl)cc(Cl)c2)c[nH]1)N1CCOCC1. The summed E-state index contributed by atoms with van der Waals surface area (Å²) in [4.78, 5) is 17.6. The van der Waals surface area contributed by atoms with Crippen molar-refractivity contribution in [3.63, 3.8) is 0 Å². The minimum Gasteiger partial charge on any atom is -0.378 e. The Labute approximate surface area is 161 Å². The number of aromatic amines is 1. The molecule has 2 aromatic rings. The first-order valence-electron chi connectivity index (χ1n) is 8.61. The minimum atomic E-state index is 0.00727. The lowest BCUT2D eigenvalue weighted by Gasteiger charge is -2.26. The summed E-state index contributed by atoms with van der Waals surface area (Å²) in [5, 5.41) is 1.24. The van der Waals surface area contributed by atoms with Gasteiger partial charge in [-0.1, -0.05) is 23.2 Å². The molecule has 0 aliphatic carbocycles. The van der Waals surface area contributed by atoms with Gasteiger partial charge in [0.1, 0.15) is 5.69 Å². The largest absolute Gasteiger partial charge is 0.378 e. The molecule has 1 aromatic carbocycles. The number of hydrogen-bond acceptors (Lipinski definition) is 4. The molecule has 2 unspecified atom stereocenters. The Bertz CT molecular complexity index is 784. The van der Waals surface area contributed by atoms with E-state index in [2.05, 4.69) is 15.8 Å². The number of ether oxygens (including phenoxy) is 1. The maximum Gasteiger partial charge on any atom is 0.270 e. The number of morpholine rings is 1. The second kappa shape index (κ2) is 7.58. The first-order valence-corrected chi connectivity index (χ1v) is 9.37. The molecule has 2 fully saturated rings. The molecule has 26 heavy (non-hydrogen) atoms. The highest BCUT2D eigenvalue weighted by molar-refractivity contribution is 6.34. The third-order valence-electron chi connectivity index (χ3n) is 4.89. The molecule has 0 radical (unpaired) electrons. The fourth-order valence-electron chi connectivity index (χ4n) is 3.56. The highest BCUT2D eigenvalue weighted by Gasteiger charge is 2.31. The summed E-state index contributed by atoms with van der Waals surface area (Å²) in [7, 11) is 0. The molecule has 0 saturated carbocycles. The zero-order chi connectivity index (χ0) is 18.1. The predicted molar refractivity (Wildman–Crippen MR) is 101 cm³/mol. The number of aromatic nitrogens is 1. The molecule has 1 aromatic heterocycles. The van der Waals surface area contributed by atoms with Crippen LogP contribution in [0, 0.1) is 0 Å². The Morgan fingerprint density at radius 2 is 1.81 bits per heavy atom. The van der Waals surface area contributed by atoms with Crippen LogP contribution in [-0.2, 0) is 4.74 Å². The number of carbonyl (C=O) groups excluding carboxylic acids is 1. The van der Waals surface area contributed by atoms with Crippen LogP contribution in [0.5, 0.6) is 0 Å². The summed E-state index contributed by atoms with van der Waals surface area (Å²) >= 11 is 12.3. The zero-order valence-electron chi connectivity index (χ0n) is 14.1. The van der Waals surface area contributed by atoms with Crippen LogP contribution in [0.1, 0.15) is 33.6 Å². The third-order valence-corrected chi connectivity index (χ3v) is 5.32. The minimum absolute atomic E-state index is 0.00727. The summed E-state index contributed by atoms with van der Waals surface area (Å²) in [6, 6.07) is 7.54. The van der Waals surface area contributed by atoms with Crippen molar-refractivity contribution in [1.29, 1.82) is 0 Å². The molecule has 4 rings (SSSR count). The van der Waals surface area contributed by atoms with E-state index in [1.165, 1.54) is 0 Å². The quantitative estimate of drug-likeness (QED) is 0.748. The molecule has 0 spiro atoms. The predicted octanol–water partition coefficient (Wildman–Crippen LogP) is 2.73. The molecule has 138 valence electrons. The topological polar surface area (TPSA) is 69.4 Å². The number of rotatable bonds is 3. The first-order chi connectivity index (χ1) is 12.6. The number of benzene rings is 1. The van der Waals surface area contributed by atoms with Gasteiger partial charge < -0.3 is 14.6 Å². The smallest absolute Gasteiger partial charge is 0.270 e. The fourth-order valence-corrected chi connectivity index (χ4v) is 4.11. The van der Waals surface area contributed by atoms with Gasteiger partial charge in [-0.3, -0.25) is 10.2 Å². The van der Waals surface area contributed by atoms with Gasteiger partial charge in [-0.2, -0.15) is 0 Å². The summed E-state index contributed by atoms with van der Waals surface area (Å²) in [5.74, 6) is 0.168. The number of H-pyrrole nitrogens is 1. The second-order valence-electron chi connectivity index (χ2n) is 6.56. The van der Waals surface area contributed by atoms with Gasteiger partial charge in [0.05, 0.1) is 19.3 Å². The van der Waals surface area contributed by atoms with Crippen LogP contribution in [-0.4, -0.2) is 48.6 Å². The van der Waals surface area contributed by atoms with Gasteiger partial charge in [-0.25, -0.2) is 5.43 Å². The lowest BCUT2D eigenvalue weighted by atomic mass is 9.90. The molecule has 2 saturated heterocycles. The van der Waals surface area contributed by atoms with Crippen molar-refractivity contribution in [1.82, 2.24) is 20.7 Å². The molecule has 3 N–H and O–H groups in total. The number of nitrogens with one attached hydrogen (secondary N) is 3. The van der Waals surface area contributed by atoms with E-state index in [0.29, 0.717) is 42.0 Å². The monoisotopic (exact) mass is 394 g/mol. The van der Waals surface area contributed by atoms with E-state index in [4.69, 9.17) is 27.9 Å². The van der Waals surface area contributed by atoms with E-state index in [9.17, 15) is 4.79 Å². The Balaban J connectivity index is 1.55. The Kier molecular flexibility index (Phi) is 5.20. The van der Waals surface area contributed by atoms with E-state index >= 15 is 0 Å². The van der Waals surface area contributed by atoms with Gasteiger partial charge in [0.2, 0.25) is 0 Å². The Morgan fingerprint density at radius 3 is 2.54 bits per heavy atom. The summed E-state index contributed by atoms with van der Waals surface area (Å²) in [5.41, 5.74) is 9.17. The van der Waals surface area contributed by atoms with Gasteiger partial charge in [0.15, 0.2) is 0 Å². The molecule has 3 heterocycles. The van der Waals surface area contributed by atoms with Crippen molar-refractivity contribution < 1.29 is 9.53 Å². The number of hydrazine groups is 1. The van der Waals surface area contributed by atoms with Crippen molar-refractivity contribution in [3.05, 3.63) is 57.3 Å². The van der Waals surface area contributed by atoms with Crippen LogP contribution < -0.4 is 10.9 Å². The van der Waals surface area contributed by atoms with Crippen LogP contribution in [0.3, 0.4) is 0 Å². The average molecular weight is 395 g/mol. The maximum atomic E-state index is 12.6. The normalized spacial score (nSPS) is 23.4. The molecule has 2 atom stereocenters. The highest BCUT2D eigenvalue weighted by atomic mass is 35.5. The molecule has 0 bridgehead atoms. The van der Waals surface area contributed by atoms with E-state index in [-0.39, 0.29) is 17.9 Å². The summed E-state index contributed by atoms with van der Waals surface area (Å²) < 4.78 is 5.31. The van der Waals surface area contributed by atoms with Gasteiger partial charge in [-0.15, -0.1) is 0 Å². The standard InChI is InChI=1S/C18H20Cl2N4O2/c19-13-5-11(6-14(20)8-13)15-10-22-23-17(15)12-7-16(21-9-12)18(25)24-1-3-26-4-2-24/h5-9,15,17,21-23H,1-4,10H2. The molecule has 6 nitrogen and oxygen atoms in total. The van der Waals surface area contributed by atoms with Crippen LogP contribution in [0.4, 0.5) is 0 Å². The van der Waals surface area contributed by atoms with Gasteiger partial charge in [-0.05, 0) is 35.4 Å². The maximum absolute atomic E-state index is 12.6. The molecular formula is C18H20Cl2N4O2. The first kappa shape index (κ1) is 17.8. The Morgan fingerprint density at radius 1 is 1.08 bits per heavy atom. The van der Waals surface area contributed by atoms with Crippen LogP contribution in [0.2, 0.25) is 10.0 Å². The third kappa shape index (κ3) is 3.61. The van der Waals surface area contributed by atoms with E-state index in [1.807, 2.05) is 29.3 Å². The highest BCUT2D eigenvalue weighted by Crippen LogP contribution is 2.36. The number of carbonyl (C=O) groups is 1. The van der Waals surface area contributed by atoms with Crippen molar-refractivity contribution in [2.24, 2.45) is 0 Å². The van der Waals surface area contributed by atoms with Crippen LogP contribution >= 0.6 is 23.2 Å². The van der Waals surface area contributed by atoms with Crippen molar-refractivity contribution in [3.8, 4) is 0 Å². The van der Waals surface area contributed by atoms with Crippen molar-refractivity contribution in [2.45, 2.75) is 12.0 Å². The number of hydrogen-bond donors (Lipinski definition) is 3. The molecule has 2 aliphatic rings. The van der Waals surface area contributed by atoms with E-state index in [1.54, 1.807) is 6.07 Å². The fraction of sp³-hybridized carbons (Fsp3) is 0.389. The van der Waals surface area contributed by atoms with E-state index < -0.39 is 0 Å². The number of halogens is 2. The average Bonchev–Trinajstić information content (AvgIpc) is 3.30.